The van der Waals surface area contributed by atoms with Crippen LogP contribution in [-0.2, 0) is 4.79 Å². The second-order valence-corrected chi connectivity index (χ2v) is 6.35. The summed E-state index contributed by atoms with van der Waals surface area (Å²) in [5, 5.41) is 0.731. The van der Waals surface area contributed by atoms with Crippen LogP contribution in [-0.4, -0.2) is 23.4 Å². The fraction of sp³-hybridized carbons (Fsp3) is 0.562. The van der Waals surface area contributed by atoms with E-state index in [0.29, 0.717) is 5.92 Å². The molecule has 1 amide bonds. The van der Waals surface area contributed by atoms with Crippen LogP contribution in [0.4, 0.5) is 0 Å². The molecule has 1 aliphatic rings. The molecule has 0 spiro atoms. The molecular formula is C16H23ClN2O. The van der Waals surface area contributed by atoms with E-state index < -0.39 is 6.04 Å². The third kappa shape index (κ3) is 3.33. The minimum atomic E-state index is -0.405. The molecule has 110 valence electrons. The summed E-state index contributed by atoms with van der Waals surface area (Å²) < 4.78 is 0. The van der Waals surface area contributed by atoms with E-state index in [1.807, 2.05) is 29.2 Å². The Bertz CT molecular complexity index is 475. The molecule has 1 aliphatic heterocycles. The van der Waals surface area contributed by atoms with Gasteiger partial charge >= 0.3 is 0 Å². The highest BCUT2D eigenvalue weighted by Gasteiger charge is 2.33. The van der Waals surface area contributed by atoms with Crippen molar-refractivity contribution in [3.8, 4) is 0 Å². The van der Waals surface area contributed by atoms with E-state index in [4.69, 9.17) is 17.3 Å². The minimum absolute atomic E-state index is 0.0566. The lowest BCUT2D eigenvalue weighted by atomic mass is 10.0. The van der Waals surface area contributed by atoms with Crippen LogP contribution in [0.15, 0.2) is 24.3 Å². The maximum atomic E-state index is 12.5. The van der Waals surface area contributed by atoms with Gasteiger partial charge in [-0.05, 0) is 36.8 Å². The topological polar surface area (TPSA) is 46.3 Å². The molecule has 0 bridgehead atoms. The lowest BCUT2D eigenvalue weighted by Gasteiger charge is -2.28. The maximum absolute atomic E-state index is 12.5. The molecule has 1 unspecified atom stereocenters. The summed E-state index contributed by atoms with van der Waals surface area (Å²) in [6.45, 7) is 4.95. The third-order valence-corrected chi connectivity index (χ3v) is 4.19. The molecule has 1 aromatic carbocycles. The van der Waals surface area contributed by atoms with Gasteiger partial charge in [0.15, 0.2) is 0 Å². The largest absolute Gasteiger partial charge is 0.334 e. The average Bonchev–Trinajstić information content (AvgIpc) is 2.86. The van der Waals surface area contributed by atoms with Crippen LogP contribution in [0.2, 0.25) is 5.02 Å². The number of hydrogen-bond donors (Lipinski definition) is 1. The van der Waals surface area contributed by atoms with E-state index in [-0.39, 0.29) is 11.9 Å². The number of amides is 1. The van der Waals surface area contributed by atoms with Crippen LogP contribution in [0.3, 0.4) is 0 Å². The number of nitrogens with zero attached hydrogens (tertiary/aromatic N) is 1. The molecule has 0 saturated carbocycles. The van der Waals surface area contributed by atoms with Crippen LogP contribution >= 0.6 is 11.6 Å². The first-order chi connectivity index (χ1) is 9.50. The third-order valence-electron chi connectivity index (χ3n) is 3.84. The fourth-order valence-electron chi connectivity index (χ4n) is 2.92. The number of carbonyl (C=O) groups excluding carboxylic acids is 1. The van der Waals surface area contributed by atoms with E-state index in [0.717, 1.165) is 36.4 Å². The smallest absolute Gasteiger partial charge is 0.240 e. The van der Waals surface area contributed by atoms with Crippen molar-refractivity contribution in [2.45, 2.75) is 45.2 Å². The first-order valence-electron chi connectivity index (χ1n) is 7.31. The summed E-state index contributed by atoms with van der Waals surface area (Å²) in [4.78, 5) is 14.4. The van der Waals surface area contributed by atoms with Gasteiger partial charge in [-0.2, -0.15) is 0 Å². The quantitative estimate of drug-likeness (QED) is 0.925. The number of rotatable bonds is 4. The molecule has 0 aliphatic carbocycles. The predicted octanol–water partition coefficient (Wildman–Crippen LogP) is 3.38. The van der Waals surface area contributed by atoms with Crippen LogP contribution in [0.5, 0.6) is 0 Å². The monoisotopic (exact) mass is 294 g/mol. The highest BCUT2D eigenvalue weighted by molar-refractivity contribution is 6.31. The number of hydrogen-bond acceptors (Lipinski definition) is 2. The zero-order chi connectivity index (χ0) is 14.7. The van der Waals surface area contributed by atoms with Crippen molar-refractivity contribution < 1.29 is 4.79 Å². The number of nitrogens with two attached hydrogens (primary N) is 1. The van der Waals surface area contributed by atoms with Crippen molar-refractivity contribution in [2.24, 2.45) is 11.7 Å². The molecule has 1 heterocycles. The average molecular weight is 295 g/mol. The summed E-state index contributed by atoms with van der Waals surface area (Å²) in [6, 6.07) is 7.44. The van der Waals surface area contributed by atoms with E-state index in [2.05, 4.69) is 13.8 Å². The predicted molar refractivity (Wildman–Crippen MR) is 82.6 cm³/mol. The molecule has 0 radical (unpaired) electrons. The maximum Gasteiger partial charge on any atom is 0.240 e. The first kappa shape index (κ1) is 15.3. The van der Waals surface area contributed by atoms with Crippen LogP contribution in [0.1, 0.15) is 44.7 Å². The lowest BCUT2D eigenvalue weighted by molar-refractivity contribution is -0.133. The Hall–Kier alpha value is -1.06. The first-order valence-corrected chi connectivity index (χ1v) is 7.69. The Kier molecular flexibility index (Phi) is 5.06. The molecule has 20 heavy (non-hydrogen) atoms. The Morgan fingerprint density at radius 1 is 1.45 bits per heavy atom. The van der Waals surface area contributed by atoms with Gasteiger partial charge in [-0.15, -0.1) is 0 Å². The second-order valence-electron chi connectivity index (χ2n) is 5.95. The van der Waals surface area contributed by atoms with Gasteiger partial charge in [-0.3, -0.25) is 4.79 Å². The van der Waals surface area contributed by atoms with Gasteiger partial charge in [0.2, 0.25) is 5.91 Å². The van der Waals surface area contributed by atoms with Crippen molar-refractivity contribution in [3.05, 3.63) is 34.9 Å². The van der Waals surface area contributed by atoms with Gasteiger partial charge in [0.05, 0.1) is 12.1 Å². The zero-order valence-electron chi connectivity index (χ0n) is 12.2. The number of halogens is 1. The molecule has 1 saturated heterocycles. The van der Waals surface area contributed by atoms with Gasteiger partial charge in [0.25, 0.3) is 0 Å². The molecule has 2 rings (SSSR count). The standard InChI is InChI=1S/C16H23ClN2O/c1-11(2)10-14(18)16(20)19-9-5-8-15(19)12-6-3-4-7-13(12)17/h3-4,6-7,11,14-15H,5,8-10,18H2,1-2H3/t14-,15?/m1/s1. The Morgan fingerprint density at radius 2 is 2.15 bits per heavy atom. The molecule has 1 aromatic rings. The molecule has 3 nitrogen and oxygen atoms in total. The van der Waals surface area contributed by atoms with E-state index in [1.54, 1.807) is 0 Å². The molecule has 4 heteroatoms. The number of likely N-dealkylation sites (tertiary alicyclic amines) is 1. The minimum Gasteiger partial charge on any atom is -0.334 e. The van der Waals surface area contributed by atoms with Crippen LogP contribution in [0, 0.1) is 5.92 Å². The van der Waals surface area contributed by atoms with E-state index in [1.165, 1.54) is 0 Å². The number of benzene rings is 1. The number of carbonyl (C=O) groups is 1. The molecular weight excluding hydrogens is 272 g/mol. The fourth-order valence-corrected chi connectivity index (χ4v) is 3.18. The SMILES string of the molecule is CC(C)C[C@@H](N)C(=O)N1CCCC1c1ccccc1Cl. The van der Waals surface area contributed by atoms with Crippen molar-refractivity contribution >= 4 is 17.5 Å². The summed E-state index contributed by atoms with van der Waals surface area (Å²) in [5.74, 6) is 0.483. The van der Waals surface area contributed by atoms with Gasteiger partial charge in [-0.1, -0.05) is 43.6 Å². The van der Waals surface area contributed by atoms with E-state index in [9.17, 15) is 4.79 Å². The summed E-state index contributed by atoms with van der Waals surface area (Å²) in [7, 11) is 0. The van der Waals surface area contributed by atoms with Gasteiger partial charge in [-0.25, -0.2) is 0 Å². The highest BCUT2D eigenvalue weighted by Crippen LogP contribution is 2.36. The van der Waals surface area contributed by atoms with Crippen molar-refractivity contribution in [1.29, 1.82) is 0 Å². The van der Waals surface area contributed by atoms with Crippen molar-refractivity contribution in [3.63, 3.8) is 0 Å². The summed E-state index contributed by atoms with van der Waals surface area (Å²) >= 11 is 6.27. The Morgan fingerprint density at radius 3 is 2.80 bits per heavy atom. The van der Waals surface area contributed by atoms with Gasteiger partial charge in [0, 0.05) is 11.6 Å². The summed E-state index contributed by atoms with van der Waals surface area (Å²) in [5.41, 5.74) is 7.09. The normalized spacial score (nSPS) is 20.4. The Labute approximate surface area is 126 Å². The van der Waals surface area contributed by atoms with Gasteiger partial charge in [0.1, 0.15) is 0 Å². The summed E-state index contributed by atoms with van der Waals surface area (Å²) in [6.07, 6.45) is 2.70. The highest BCUT2D eigenvalue weighted by atomic mass is 35.5. The Balaban J connectivity index is 2.15. The van der Waals surface area contributed by atoms with Crippen LogP contribution < -0.4 is 5.73 Å². The second kappa shape index (κ2) is 6.59. The van der Waals surface area contributed by atoms with Crippen molar-refractivity contribution in [2.75, 3.05) is 6.54 Å². The van der Waals surface area contributed by atoms with E-state index >= 15 is 0 Å². The van der Waals surface area contributed by atoms with Crippen LogP contribution in [0.25, 0.3) is 0 Å². The van der Waals surface area contributed by atoms with Gasteiger partial charge < -0.3 is 10.6 Å². The molecule has 2 N–H and O–H groups in total. The molecule has 1 fully saturated rings. The molecule has 2 atom stereocenters. The lowest BCUT2D eigenvalue weighted by Crippen LogP contribution is -2.44. The zero-order valence-corrected chi connectivity index (χ0v) is 12.9. The van der Waals surface area contributed by atoms with Crippen molar-refractivity contribution in [1.82, 2.24) is 4.90 Å². The molecule has 0 aromatic heterocycles.